The van der Waals surface area contributed by atoms with Gasteiger partial charge in [-0.2, -0.15) is 0 Å². The fraction of sp³-hybridized carbons (Fsp3) is 0.421. The van der Waals surface area contributed by atoms with Gasteiger partial charge in [0.25, 0.3) is 5.91 Å². The number of ether oxygens (including phenoxy) is 1. The van der Waals surface area contributed by atoms with Crippen LogP contribution >= 0.6 is 0 Å². The highest BCUT2D eigenvalue weighted by Crippen LogP contribution is 2.20. The van der Waals surface area contributed by atoms with E-state index in [1.807, 2.05) is 50.3 Å². The number of hydrogen-bond donors (Lipinski definition) is 9. The number of aryl methyl sites for hydroxylation is 2. The number of nitrogens with zero attached hydrogens (tertiary/aromatic N) is 1. The molecule has 7 amide bonds. The van der Waals surface area contributed by atoms with E-state index in [0.29, 0.717) is 17.6 Å². The van der Waals surface area contributed by atoms with E-state index in [1.165, 1.54) is 40.0 Å². The van der Waals surface area contributed by atoms with Gasteiger partial charge in [-0.05, 0) is 81.2 Å². The van der Waals surface area contributed by atoms with Crippen molar-refractivity contribution in [3.8, 4) is 5.75 Å². The minimum absolute atomic E-state index is 0.0154. The highest BCUT2D eigenvalue weighted by atomic mass is 16.5. The average Bonchev–Trinajstić information content (AvgIpc) is 3.41. The number of hydrogen-bond acceptors (Lipinski definition) is 11. The Kier molecular flexibility index (Phi) is 23.8. The van der Waals surface area contributed by atoms with Crippen LogP contribution in [0.5, 0.6) is 5.75 Å². The standard InChI is InChI=1S/C57H73N7O13/c1-33(31-34(2)47(77-8)32-41-17-13-10-14-18-41)19-26-43-35(3)50(67)62-46(56(73)74)29-30-48(66)64(7)38(6)53(70)58-37(5)52(69)61-45(27-22-39-15-11-9-12-16-39)55(72)63-49(57(75)76)36(4)51(68)60-44(54(71)59-43)28-23-40-20-24-42(65)25-21-40/h9-21,24-26,31,34-37,43-47,49,65H,6,22-23,27-30,32H2,1-5,7-8H3,(H,58,70)(H,59,71)(H,60,68)(H,61,69)(H,62,67)(H,63,72)(H,73,74)(H,75,76). The third kappa shape index (κ3) is 19.2. The first-order chi connectivity index (χ1) is 36.5. The van der Waals surface area contributed by atoms with E-state index in [9.17, 15) is 58.5 Å². The highest BCUT2D eigenvalue weighted by molar-refractivity contribution is 6.00. The summed E-state index contributed by atoms with van der Waals surface area (Å²) in [7, 11) is 2.83. The van der Waals surface area contributed by atoms with Crippen LogP contribution in [0.3, 0.4) is 0 Å². The molecule has 3 aromatic carbocycles. The molecule has 77 heavy (non-hydrogen) atoms. The van der Waals surface area contributed by atoms with Crippen LogP contribution < -0.4 is 31.9 Å². The van der Waals surface area contributed by atoms with Crippen molar-refractivity contribution >= 4 is 53.3 Å². The van der Waals surface area contributed by atoms with Gasteiger partial charge in [-0.15, -0.1) is 0 Å². The molecule has 0 aliphatic carbocycles. The fourth-order valence-corrected chi connectivity index (χ4v) is 8.45. The molecule has 0 radical (unpaired) electrons. The number of benzene rings is 3. The number of phenolic OH excluding ortho intramolecular Hbond substituents is 1. The maximum atomic E-state index is 14.6. The molecule has 9 N–H and O–H groups in total. The lowest BCUT2D eigenvalue weighted by Crippen LogP contribution is -2.59. The van der Waals surface area contributed by atoms with Gasteiger partial charge >= 0.3 is 11.9 Å². The summed E-state index contributed by atoms with van der Waals surface area (Å²) in [5.74, 6) is -12.2. The Labute approximate surface area is 449 Å². The van der Waals surface area contributed by atoms with E-state index in [2.05, 4.69) is 38.5 Å². The molecule has 414 valence electrons. The first-order valence-corrected chi connectivity index (χ1v) is 25.5. The monoisotopic (exact) mass is 1060 g/mol. The molecular formula is C57H73N7O13. The second-order valence-corrected chi connectivity index (χ2v) is 19.4. The zero-order valence-corrected chi connectivity index (χ0v) is 44.6. The summed E-state index contributed by atoms with van der Waals surface area (Å²) < 4.78 is 5.84. The first kappa shape index (κ1) is 61.4. The predicted molar refractivity (Wildman–Crippen MR) is 286 cm³/mol. The molecule has 1 aliphatic rings. The average molecular weight is 1060 g/mol. The van der Waals surface area contributed by atoms with Crippen LogP contribution in [-0.2, 0) is 67.2 Å². The zero-order chi connectivity index (χ0) is 56.9. The summed E-state index contributed by atoms with van der Waals surface area (Å²) >= 11 is 0. The first-order valence-electron chi connectivity index (χ1n) is 25.5. The molecule has 4 rings (SSSR count). The van der Waals surface area contributed by atoms with Crippen molar-refractivity contribution in [2.45, 2.75) is 122 Å². The van der Waals surface area contributed by atoms with Gasteiger partial charge in [0.05, 0.1) is 24.0 Å². The van der Waals surface area contributed by atoms with E-state index in [0.717, 1.165) is 16.0 Å². The molecular weight excluding hydrogens is 991 g/mol. The van der Waals surface area contributed by atoms with E-state index in [4.69, 9.17) is 4.74 Å². The molecule has 10 atom stereocenters. The van der Waals surface area contributed by atoms with Gasteiger partial charge in [0.2, 0.25) is 35.4 Å². The Morgan fingerprint density at radius 1 is 0.701 bits per heavy atom. The van der Waals surface area contributed by atoms with Crippen molar-refractivity contribution in [1.82, 2.24) is 36.8 Å². The maximum absolute atomic E-state index is 14.6. The Balaban J connectivity index is 1.78. The number of amides is 7. The lowest BCUT2D eigenvalue weighted by atomic mass is 9.94. The number of allylic oxidation sites excluding steroid dienone is 2. The second kappa shape index (κ2) is 29.8. The number of carboxylic acid groups (broad SMARTS) is 2. The number of carbonyl (C=O) groups excluding carboxylic acids is 7. The number of nitrogens with one attached hydrogen (secondary N) is 6. The van der Waals surface area contributed by atoms with Gasteiger partial charge in [-0.25, -0.2) is 9.59 Å². The molecule has 0 saturated carbocycles. The van der Waals surface area contributed by atoms with E-state index in [-0.39, 0.29) is 43.5 Å². The molecule has 20 nitrogen and oxygen atoms in total. The summed E-state index contributed by atoms with van der Waals surface area (Å²) in [6.07, 6.45) is 4.86. The van der Waals surface area contributed by atoms with Crippen molar-refractivity contribution in [3.05, 3.63) is 138 Å². The number of phenols is 1. The molecule has 1 aliphatic heterocycles. The quantitative estimate of drug-likeness (QED) is 0.0779. The summed E-state index contributed by atoms with van der Waals surface area (Å²) in [6, 6.07) is 15.9. The number of methoxy groups -OCH3 is 1. The van der Waals surface area contributed by atoms with Crippen LogP contribution in [0.1, 0.15) is 77.0 Å². The third-order valence-electron chi connectivity index (χ3n) is 13.5. The summed E-state index contributed by atoms with van der Waals surface area (Å²) in [5.41, 5.74) is 2.79. The smallest absolute Gasteiger partial charge is 0.327 e. The number of rotatable bonds is 15. The normalized spacial score (nSPS) is 24.2. The number of carboxylic acids is 2. The molecule has 1 fully saturated rings. The third-order valence-corrected chi connectivity index (χ3v) is 13.5. The number of likely N-dealkylation sites (N-methyl/N-ethyl adjacent to an activating group) is 1. The Hall–Kier alpha value is -8.13. The van der Waals surface area contributed by atoms with Gasteiger partial charge < -0.3 is 56.9 Å². The van der Waals surface area contributed by atoms with Crippen LogP contribution in [-0.4, -0.2) is 130 Å². The van der Waals surface area contributed by atoms with E-state index in [1.54, 1.807) is 61.7 Å². The molecule has 10 unspecified atom stereocenters. The van der Waals surface area contributed by atoms with Crippen molar-refractivity contribution in [2.75, 3.05) is 14.2 Å². The van der Waals surface area contributed by atoms with Gasteiger partial charge in [0, 0.05) is 26.5 Å². The molecule has 1 heterocycles. The maximum Gasteiger partial charge on any atom is 0.327 e. The topological polar surface area (TPSA) is 299 Å². The van der Waals surface area contributed by atoms with Crippen LogP contribution in [0.2, 0.25) is 0 Å². The molecule has 0 aromatic heterocycles. The van der Waals surface area contributed by atoms with Crippen molar-refractivity contribution in [1.29, 1.82) is 0 Å². The number of aromatic hydroxyl groups is 1. The van der Waals surface area contributed by atoms with Crippen molar-refractivity contribution < 1.29 is 63.2 Å². The van der Waals surface area contributed by atoms with Crippen LogP contribution in [0.25, 0.3) is 0 Å². The zero-order valence-electron chi connectivity index (χ0n) is 44.6. The lowest BCUT2D eigenvalue weighted by molar-refractivity contribution is -0.146. The van der Waals surface area contributed by atoms with E-state index < -0.39 is 120 Å². The van der Waals surface area contributed by atoms with Crippen LogP contribution in [0.4, 0.5) is 0 Å². The SMILES string of the molecule is C=C1C(=O)NC(C)C(=O)NC(CCc2ccccc2)C(=O)NC(C(=O)O)C(C)C(=O)NC(CCc2ccc(O)cc2)C(=O)NC(C=CC(C)=CC(C)C(Cc2ccccc2)OC)C(C)C(=O)NC(C(=O)O)CCC(=O)N1C. The van der Waals surface area contributed by atoms with Gasteiger partial charge in [0.1, 0.15) is 41.7 Å². The second-order valence-electron chi connectivity index (χ2n) is 19.4. The Bertz CT molecular complexity index is 2630. The summed E-state index contributed by atoms with van der Waals surface area (Å²) in [5, 5.41) is 46.0. The van der Waals surface area contributed by atoms with Crippen molar-refractivity contribution in [2.24, 2.45) is 17.8 Å². The largest absolute Gasteiger partial charge is 0.508 e. The van der Waals surface area contributed by atoms with Gasteiger partial charge in [-0.3, -0.25) is 33.6 Å². The fourth-order valence-electron chi connectivity index (χ4n) is 8.45. The molecule has 20 heteroatoms. The van der Waals surface area contributed by atoms with Crippen LogP contribution in [0, 0.1) is 17.8 Å². The minimum Gasteiger partial charge on any atom is -0.508 e. The summed E-state index contributed by atoms with van der Waals surface area (Å²) in [6.45, 7) is 11.4. The van der Waals surface area contributed by atoms with Gasteiger partial charge in [-0.1, -0.05) is 124 Å². The minimum atomic E-state index is -1.91. The summed E-state index contributed by atoms with van der Waals surface area (Å²) in [4.78, 5) is 124. The van der Waals surface area contributed by atoms with Gasteiger partial charge in [0.15, 0.2) is 0 Å². The van der Waals surface area contributed by atoms with E-state index >= 15 is 0 Å². The molecule has 0 bridgehead atoms. The lowest BCUT2D eigenvalue weighted by Gasteiger charge is -2.28. The van der Waals surface area contributed by atoms with Crippen molar-refractivity contribution in [3.63, 3.8) is 0 Å². The number of aliphatic carboxylic acids is 2. The molecule has 0 spiro atoms. The number of carbonyl (C=O) groups is 9. The van der Waals surface area contributed by atoms with Crippen LogP contribution in [0.15, 0.2) is 121 Å². The Morgan fingerprint density at radius 2 is 1.23 bits per heavy atom. The molecule has 3 aromatic rings. The predicted octanol–water partition coefficient (Wildman–Crippen LogP) is 3.49. The highest BCUT2D eigenvalue weighted by Gasteiger charge is 2.37. The Morgan fingerprint density at radius 3 is 1.79 bits per heavy atom. The molecule has 1 saturated heterocycles.